The fourth-order valence-electron chi connectivity index (χ4n) is 3.02. The van der Waals surface area contributed by atoms with Gasteiger partial charge in [0.1, 0.15) is 0 Å². The van der Waals surface area contributed by atoms with Crippen molar-refractivity contribution in [2.75, 3.05) is 32.7 Å². The molecule has 3 rings (SSSR count). The smallest absolute Gasteiger partial charge is 0.0897 e. The van der Waals surface area contributed by atoms with Gasteiger partial charge in [0, 0.05) is 50.3 Å². The molecule has 2 aromatic heterocycles. The summed E-state index contributed by atoms with van der Waals surface area (Å²) >= 11 is 1.74. The molecule has 0 amide bonds. The Balaban J connectivity index is 1.43. The Morgan fingerprint density at radius 3 is 2.36 bits per heavy atom. The van der Waals surface area contributed by atoms with Crippen molar-refractivity contribution in [2.45, 2.75) is 33.9 Å². The average molecular weight is 319 g/mol. The van der Waals surface area contributed by atoms with E-state index in [0.29, 0.717) is 0 Å². The molecule has 3 heterocycles. The van der Waals surface area contributed by atoms with Gasteiger partial charge < -0.3 is 0 Å². The van der Waals surface area contributed by atoms with Crippen molar-refractivity contribution >= 4 is 11.3 Å². The average Bonchev–Trinajstić information content (AvgIpc) is 3.03. The van der Waals surface area contributed by atoms with Gasteiger partial charge in [-0.2, -0.15) is 5.10 Å². The summed E-state index contributed by atoms with van der Waals surface area (Å²) in [5.41, 5.74) is 3.59. The maximum Gasteiger partial charge on any atom is 0.0897 e. The highest BCUT2D eigenvalue weighted by atomic mass is 32.1. The molecule has 0 aromatic carbocycles. The maximum absolute atomic E-state index is 4.56. The van der Waals surface area contributed by atoms with E-state index in [4.69, 9.17) is 0 Å². The van der Waals surface area contributed by atoms with Gasteiger partial charge in [-0.25, -0.2) is 4.98 Å². The minimum atomic E-state index is 0.991. The highest BCUT2D eigenvalue weighted by Crippen LogP contribution is 2.12. The molecular formula is C16H25N5S. The molecule has 6 heteroatoms. The predicted octanol–water partition coefficient (Wildman–Crippen LogP) is 2.08. The summed E-state index contributed by atoms with van der Waals surface area (Å²) in [7, 11) is 0. The Hall–Kier alpha value is -1.24. The number of aromatic nitrogens is 3. The molecule has 0 spiro atoms. The van der Waals surface area contributed by atoms with E-state index in [1.165, 1.54) is 16.4 Å². The predicted molar refractivity (Wildman–Crippen MR) is 90.3 cm³/mol. The van der Waals surface area contributed by atoms with Gasteiger partial charge in [0.25, 0.3) is 0 Å². The fourth-order valence-corrected chi connectivity index (χ4v) is 3.62. The number of nitrogens with zero attached hydrogens (tertiary/aromatic N) is 5. The lowest BCUT2D eigenvalue weighted by molar-refractivity contribution is 0.122. The van der Waals surface area contributed by atoms with E-state index in [2.05, 4.69) is 56.8 Å². The number of aryl methyl sites for hydroxylation is 3. The molecule has 22 heavy (non-hydrogen) atoms. The lowest BCUT2D eigenvalue weighted by atomic mass is 10.3. The van der Waals surface area contributed by atoms with Gasteiger partial charge in [-0.1, -0.05) is 0 Å². The molecule has 1 saturated heterocycles. The van der Waals surface area contributed by atoms with Crippen molar-refractivity contribution in [3.05, 3.63) is 33.5 Å². The molecule has 120 valence electrons. The first kappa shape index (κ1) is 15.6. The molecule has 0 aliphatic carbocycles. The lowest BCUT2D eigenvalue weighted by Crippen LogP contribution is -2.46. The minimum absolute atomic E-state index is 0.991. The molecule has 0 radical (unpaired) electrons. The second-order valence-corrected chi connectivity index (χ2v) is 7.19. The van der Waals surface area contributed by atoms with Gasteiger partial charge in [-0.3, -0.25) is 14.5 Å². The van der Waals surface area contributed by atoms with Crippen molar-refractivity contribution < 1.29 is 0 Å². The molecule has 1 fully saturated rings. The standard InChI is InChI=1S/C16H25N5S/c1-13-10-14(2)21(18-13)9-8-19-4-6-20(7-5-19)11-16-12-22-15(3)17-16/h10,12H,4-9,11H2,1-3H3. The van der Waals surface area contributed by atoms with Crippen LogP contribution in [0.15, 0.2) is 11.4 Å². The fraction of sp³-hybridized carbons (Fsp3) is 0.625. The van der Waals surface area contributed by atoms with E-state index in [9.17, 15) is 0 Å². The van der Waals surface area contributed by atoms with Crippen molar-refractivity contribution in [1.29, 1.82) is 0 Å². The van der Waals surface area contributed by atoms with E-state index in [1.54, 1.807) is 11.3 Å². The maximum atomic E-state index is 4.56. The van der Waals surface area contributed by atoms with Crippen LogP contribution in [0.5, 0.6) is 0 Å². The van der Waals surface area contributed by atoms with E-state index in [1.807, 2.05) is 0 Å². The van der Waals surface area contributed by atoms with Crippen molar-refractivity contribution in [3.8, 4) is 0 Å². The monoisotopic (exact) mass is 319 g/mol. The molecule has 1 aliphatic rings. The first-order valence-corrected chi connectivity index (χ1v) is 8.85. The van der Waals surface area contributed by atoms with Crippen LogP contribution in [0.3, 0.4) is 0 Å². The van der Waals surface area contributed by atoms with Crippen molar-refractivity contribution in [1.82, 2.24) is 24.6 Å². The van der Waals surface area contributed by atoms with Crippen LogP contribution >= 0.6 is 11.3 Å². The Morgan fingerprint density at radius 2 is 1.77 bits per heavy atom. The lowest BCUT2D eigenvalue weighted by Gasteiger charge is -2.34. The Morgan fingerprint density at radius 1 is 1.05 bits per heavy atom. The van der Waals surface area contributed by atoms with Crippen LogP contribution in [0.1, 0.15) is 22.1 Å². The van der Waals surface area contributed by atoms with Crippen molar-refractivity contribution in [3.63, 3.8) is 0 Å². The number of piperazine rings is 1. The number of rotatable bonds is 5. The second kappa shape index (κ2) is 6.89. The van der Waals surface area contributed by atoms with Crippen molar-refractivity contribution in [2.24, 2.45) is 0 Å². The first-order chi connectivity index (χ1) is 10.6. The van der Waals surface area contributed by atoms with Crippen LogP contribution in [0.2, 0.25) is 0 Å². The first-order valence-electron chi connectivity index (χ1n) is 7.97. The number of thiazole rings is 1. The molecule has 5 nitrogen and oxygen atoms in total. The van der Waals surface area contributed by atoms with E-state index in [0.717, 1.165) is 51.5 Å². The van der Waals surface area contributed by atoms with Crippen LogP contribution < -0.4 is 0 Å². The van der Waals surface area contributed by atoms with Crippen LogP contribution in [-0.2, 0) is 13.1 Å². The van der Waals surface area contributed by atoms with Crippen LogP contribution in [-0.4, -0.2) is 57.3 Å². The molecule has 0 atom stereocenters. The van der Waals surface area contributed by atoms with Gasteiger partial charge in [0.15, 0.2) is 0 Å². The van der Waals surface area contributed by atoms with Gasteiger partial charge in [-0.15, -0.1) is 11.3 Å². The van der Waals surface area contributed by atoms with Gasteiger partial charge in [0.05, 0.1) is 22.9 Å². The molecule has 0 saturated carbocycles. The van der Waals surface area contributed by atoms with E-state index in [-0.39, 0.29) is 0 Å². The summed E-state index contributed by atoms with van der Waals surface area (Å²) in [6.07, 6.45) is 0. The molecule has 2 aromatic rings. The number of hydrogen-bond acceptors (Lipinski definition) is 5. The zero-order chi connectivity index (χ0) is 15.5. The normalized spacial score (nSPS) is 17.2. The number of hydrogen-bond donors (Lipinski definition) is 0. The summed E-state index contributed by atoms with van der Waals surface area (Å²) in [5, 5.41) is 7.89. The van der Waals surface area contributed by atoms with E-state index >= 15 is 0 Å². The summed E-state index contributed by atoms with van der Waals surface area (Å²) < 4.78 is 2.12. The third kappa shape index (κ3) is 3.94. The van der Waals surface area contributed by atoms with Crippen LogP contribution in [0.25, 0.3) is 0 Å². The second-order valence-electron chi connectivity index (χ2n) is 6.13. The summed E-state index contributed by atoms with van der Waals surface area (Å²) in [6, 6.07) is 2.15. The third-order valence-corrected chi connectivity index (χ3v) is 5.07. The summed E-state index contributed by atoms with van der Waals surface area (Å²) in [5.74, 6) is 0. The Kier molecular flexibility index (Phi) is 4.90. The molecule has 0 unspecified atom stereocenters. The highest BCUT2D eigenvalue weighted by molar-refractivity contribution is 7.09. The van der Waals surface area contributed by atoms with Gasteiger partial charge in [0.2, 0.25) is 0 Å². The molecule has 0 bridgehead atoms. The zero-order valence-electron chi connectivity index (χ0n) is 13.7. The molecule has 0 N–H and O–H groups in total. The van der Waals surface area contributed by atoms with Crippen LogP contribution in [0, 0.1) is 20.8 Å². The minimum Gasteiger partial charge on any atom is -0.299 e. The SMILES string of the molecule is Cc1cc(C)n(CCN2CCN(Cc3csc(C)n3)CC2)n1. The third-order valence-electron chi connectivity index (χ3n) is 4.25. The molecule has 1 aliphatic heterocycles. The van der Waals surface area contributed by atoms with E-state index < -0.39 is 0 Å². The summed E-state index contributed by atoms with van der Waals surface area (Å²) in [4.78, 5) is 9.61. The summed E-state index contributed by atoms with van der Waals surface area (Å²) in [6.45, 7) is 13.9. The quantitative estimate of drug-likeness (QED) is 0.846. The Labute approximate surface area is 136 Å². The topological polar surface area (TPSA) is 37.2 Å². The Bertz CT molecular complexity index is 610. The van der Waals surface area contributed by atoms with Gasteiger partial charge in [-0.05, 0) is 26.8 Å². The largest absolute Gasteiger partial charge is 0.299 e. The molecular weight excluding hydrogens is 294 g/mol. The van der Waals surface area contributed by atoms with Crippen LogP contribution in [0.4, 0.5) is 0 Å². The zero-order valence-corrected chi connectivity index (χ0v) is 14.6. The highest BCUT2D eigenvalue weighted by Gasteiger charge is 2.17. The van der Waals surface area contributed by atoms with Gasteiger partial charge >= 0.3 is 0 Å².